The number of benzene rings is 1. The van der Waals surface area contributed by atoms with Crippen molar-refractivity contribution < 1.29 is 0 Å². The summed E-state index contributed by atoms with van der Waals surface area (Å²) in [5, 5.41) is 3.46. The number of hydrogen-bond donors (Lipinski definition) is 1. The van der Waals surface area contributed by atoms with E-state index in [-0.39, 0.29) is 0 Å². The minimum atomic E-state index is 0.537. The van der Waals surface area contributed by atoms with Gasteiger partial charge in [0.2, 0.25) is 0 Å². The Morgan fingerprint density at radius 3 is 2.80 bits per heavy atom. The molecule has 0 aliphatic heterocycles. The van der Waals surface area contributed by atoms with Gasteiger partial charge in [-0.05, 0) is 47.6 Å². The van der Waals surface area contributed by atoms with Crippen LogP contribution in [0.3, 0.4) is 0 Å². The number of fused-ring (bicyclic) bond motifs is 1. The van der Waals surface area contributed by atoms with Gasteiger partial charge < -0.3 is 9.88 Å². The number of aromatic nitrogens is 1. The molecule has 0 spiro atoms. The lowest BCUT2D eigenvalue weighted by Crippen LogP contribution is -2.21. The lowest BCUT2D eigenvalue weighted by atomic mass is 10.1. The third-order valence-electron chi connectivity index (χ3n) is 4.05. The molecule has 0 unspecified atom stereocenters. The SMILES string of the molecule is CC(C)NCc1ccn(Cc2ccc3c(c2)CCC3)c1. The zero-order valence-corrected chi connectivity index (χ0v) is 12.5. The molecule has 0 bridgehead atoms. The van der Waals surface area contributed by atoms with Crippen molar-refractivity contribution >= 4 is 0 Å². The highest BCUT2D eigenvalue weighted by molar-refractivity contribution is 5.35. The maximum atomic E-state index is 3.46. The van der Waals surface area contributed by atoms with E-state index in [2.05, 4.69) is 60.4 Å². The highest BCUT2D eigenvalue weighted by Gasteiger charge is 2.10. The Morgan fingerprint density at radius 2 is 1.95 bits per heavy atom. The van der Waals surface area contributed by atoms with E-state index in [0.29, 0.717) is 6.04 Å². The number of hydrogen-bond acceptors (Lipinski definition) is 1. The second-order valence-corrected chi connectivity index (χ2v) is 6.18. The summed E-state index contributed by atoms with van der Waals surface area (Å²) in [6.45, 7) is 6.30. The van der Waals surface area contributed by atoms with E-state index in [0.717, 1.165) is 13.1 Å². The number of nitrogens with one attached hydrogen (secondary N) is 1. The van der Waals surface area contributed by atoms with Crippen molar-refractivity contribution in [1.82, 2.24) is 9.88 Å². The lowest BCUT2D eigenvalue weighted by molar-refractivity contribution is 0.588. The molecular weight excluding hydrogens is 244 g/mol. The van der Waals surface area contributed by atoms with Crippen LogP contribution in [0.5, 0.6) is 0 Å². The summed E-state index contributed by atoms with van der Waals surface area (Å²) in [6, 6.07) is 9.76. The van der Waals surface area contributed by atoms with Crippen LogP contribution in [-0.2, 0) is 25.9 Å². The van der Waals surface area contributed by atoms with Crippen LogP contribution in [0.25, 0.3) is 0 Å². The van der Waals surface area contributed by atoms with Gasteiger partial charge in [-0.15, -0.1) is 0 Å². The molecule has 1 N–H and O–H groups in total. The molecular formula is C18H24N2. The quantitative estimate of drug-likeness (QED) is 0.878. The van der Waals surface area contributed by atoms with Gasteiger partial charge in [0.25, 0.3) is 0 Å². The zero-order chi connectivity index (χ0) is 13.9. The first kappa shape index (κ1) is 13.4. The summed E-state index contributed by atoms with van der Waals surface area (Å²) >= 11 is 0. The van der Waals surface area contributed by atoms with E-state index >= 15 is 0 Å². The van der Waals surface area contributed by atoms with Crippen LogP contribution in [0, 0.1) is 0 Å². The molecule has 1 aliphatic carbocycles. The first-order valence-electron chi connectivity index (χ1n) is 7.69. The fraction of sp³-hybridized carbons (Fsp3) is 0.444. The smallest absolute Gasteiger partial charge is 0.0470 e. The molecule has 1 aliphatic rings. The highest BCUT2D eigenvalue weighted by atomic mass is 14.9. The molecule has 0 saturated heterocycles. The third kappa shape index (κ3) is 3.13. The van der Waals surface area contributed by atoms with Crippen LogP contribution >= 0.6 is 0 Å². The predicted molar refractivity (Wildman–Crippen MR) is 84.0 cm³/mol. The summed E-state index contributed by atoms with van der Waals surface area (Å²) in [5.41, 5.74) is 5.91. The maximum absolute atomic E-state index is 3.46. The van der Waals surface area contributed by atoms with Gasteiger partial charge in [-0.2, -0.15) is 0 Å². The van der Waals surface area contributed by atoms with Gasteiger partial charge in [-0.1, -0.05) is 32.0 Å². The molecule has 2 aromatic rings. The van der Waals surface area contributed by atoms with Gasteiger partial charge in [0.1, 0.15) is 0 Å². The van der Waals surface area contributed by atoms with E-state index in [4.69, 9.17) is 0 Å². The average Bonchev–Trinajstić information content (AvgIpc) is 3.04. The van der Waals surface area contributed by atoms with Crippen molar-refractivity contribution in [3.05, 3.63) is 58.9 Å². The molecule has 2 nitrogen and oxygen atoms in total. The van der Waals surface area contributed by atoms with Gasteiger partial charge in [-0.25, -0.2) is 0 Å². The van der Waals surface area contributed by atoms with E-state index in [9.17, 15) is 0 Å². The van der Waals surface area contributed by atoms with Crippen LogP contribution in [0.15, 0.2) is 36.7 Å². The minimum absolute atomic E-state index is 0.537. The Kier molecular flexibility index (Phi) is 3.93. The molecule has 1 aromatic heterocycles. The summed E-state index contributed by atoms with van der Waals surface area (Å²) in [7, 11) is 0. The van der Waals surface area contributed by atoms with Crippen molar-refractivity contribution in [2.24, 2.45) is 0 Å². The van der Waals surface area contributed by atoms with E-state index in [1.807, 2.05) is 0 Å². The fourth-order valence-electron chi connectivity index (χ4n) is 2.95. The third-order valence-corrected chi connectivity index (χ3v) is 4.05. The zero-order valence-electron chi connectivity index (χ0n) is 12.5. The van der Waals surface area contributed by atoms with Crippen molar-refractivity contribution in [2.75, 3.05) is 0 Å². The first-order valence-corrected chi connectivity index (χ1v) is 7.69. The molecule has 1 heterocycles. The number of rotatable bonds is 5. The highest BCUT2D eigenvalue weighted by Crippen LogP contribution is 2.23. The van der Waals surface area contributed by atoms with Crippen molar-refractivity contribution in [3.8, 4) is 0 Å². The monoisotopic (exact) mass is 268 g/mol. The van der Waals surface area contributed by atoms with Gasteiger partial charge >= 0.3 is 0 Å². The Labute approximate surface area is 121 Å². The first-order chi connectivity index (χ1) is 9.70. The van der Waals surface area contributed by atoms with Crippen LogP contribution in [0.1, 0.15) is 42.5 Å². The van der Waals surface area contributed by atoms with E-state index in [1.54, 1.807) is 11.1 Å². The van der Waals surface area contributed by atoms with E-state index < -0.39 is 0 Å². The molecule has 2 heteroatoms. The second kappa shape index (κ2) is 5.84. The second-order valence-electron chi connectivity index (χ2n) is 6.18. The minimum Gasteiger partial charge on any atom is -0.350 e. The number of aryl methyl sites for hydroxylation is 2. The van der Waals surface area contributed by atoms with Gasteiger partial charge in [0.05, 0.1) is 0 Å². The van der Waals surface area contributed by atoms with Crippen molar-refractivity contribution in [1.29, 1.82) is 0 Å². The number of nitrogens with zero attached hydrogens (tertiary/aromatic N) is 1. The topological polar surface area (TPSA) is 17.0 Å². The standard InChI is InChI=1S/C18H24N2/c1-14(2)19-11-16-8-9-20(13-16)12-15-6-7-17-4-3-5-18(17)10-15/h6-10,13-14,19H,3-5,11-12H2,1-2H3. The average molecular weight is 268 g/mol. The Balaban J connectivity index is 1.65. The molecule has 20 heavy (non-hydrogen) atoms. The summed E-state index contributed by atoms with van der Waals surface area (Å²) in [4.78, 5) is 0. The van der Waals surface area contributed by atoms with Gasteiger partial charge in [-0.3, -0.25) is 0 Å². The Morgan fingerprint density at radius 1 is 1.10 bits per heavy atom. The summed E-state index contributed by atoms with van der Waals surface area (Å²) < 4.78 is 2.29. The summed E-state index contributed by atoms with van der Waals surface area (Å²) in [6.07, 6.45) is 8.29. The Bertz CT molecular complexity index is 581. The predicted octanol–water partition coefficient (Wildman–Crippen LogP) is 3.52. The lowest BCUT2D eigenvalue weighted by Gasteiger charge is -2.07. The van der Waals surface area contributed by atoms with E-state index in [1.165, 1.54) is 30.4 Å². The van der Waals surface area contributed by atoms with Gasteiger partial charge in [0, 0.05) is 31.5 Å². The molecule has 0 amide bonds. The molecule has 0 saturated carbocycles. The molecule has 0 radical (unpaired) electrons. The van der Waals surface area contributed by atoms with Crippen LogP contribution in [0.4, 0.5) is 0 Å². The maximum Gasteiger partial charge on any atom is 0.0470 e. The molecule has 3 rings (SSSR count). The van der Waals surface area contributed by atoms with Crippen LogP contribution in [0.2, 0.25) is 0 Å². The molecule has 0 atom stereocenters. The molecule has 0 fully saturated rings. The molecule has 1 aromatic carbocycles. The molecule has 106 valence electrons. The van der Waals surface area contributed by atoms with Crippen molar-refractivity contribution in [3.63, 3.8) is 0 Å². The van der Waals surface area contributed by atoms with Crippen LogP contribution in [-0.4, -0.2) is 10.6 Å². The largest absolute Gasteiger partial charge is 0.350 e. The normalized spacial score (nSPS) is 13.9. The fourth-order valence-corrected chi connectivity index (χ4v) is 2.95. The summed E-state index contributed by atoms with van der Waals surface area (Å²) in [5.74, 6) is 0. The Hall–Kier alpha value is -1.54. The van der Waals surface area contributed by atoms with Crippen LogP contribution < -0.4 is 5.32 Å². The van der Waals surface area contributed by atoms with Crippen molar-refractivity contribution in [2.45, 2.75) is 52.2 Å². The van der Waals surface area contributed by atoms with Gasteiger partial charge in [0.15, 0.2) is 0 Å².